The fourth-order valence-corrected chi connectivity index (χ4v) is 3.34. The van der Waals surface area contributed by atoms with Gasteiger partial charge in [-0.2, -0.15) is 0 Å². The van der Waals surface area contributed by atoms with E-state index >= 15 is 0 Å². The summed E-state index contributed by atoms with van der Waals surface area (Å²) < 4.78 is 0. The van der Waals surface area contributed by atoms with Gasteiger partial charge >= 0.3 is 0 Å². The topological polar surface area (TPSA) is 49.4 Å². The van der Waals surface area contributed by atoms with Crippen LogP contribution in [0.25, 0.3) is 10.8 Å². The number of amides is 2. The third-order valence-electron chi connectivity index (χ3n) is 4.64. The van der Waals surface area contributed by atoms with E-state index in [4.69, 9.17) is 0 Å². The largest absolute Gasteiger partial charge is 0.326 e. The lowest BCUT2D eigenvalue weighted by atomic mass is 10.1. The van der Waals surface area contributed by atoms with Gasteiger partial charge in [0, 0.05) is 29.5 Å². The highest BCUT2D eigenvalue weighted by atomic mass is 16.2. The van der Waals surface area contributed by atoms with Crippen molar-refractivity contribution >= 4 is 39.6 Å². The molecule has 4 aromatic rings. The van der Waals surface area contributed by atoms with Crippen molar-refractivity contribution in [3.63, 3.8) is 0 Å². The standard InChI is InChI=1S/C25H20N2O2/c1-18(28)26-22-11-7-10-21(16-22)25(29)27(23-12-3-2-4-13-23)24-15-14-19-8-5-6-9-20(19)17-24/h2-17H,1H3,(H,26,28). The number of hydrogen-bond donors (Lipinski definition) is 1. The summed E-state index contributed by atoms with van der Waals surface area (Å²) in [6.45, 7) is 1.44. The number of nitrogens with one attached hydrogen (secondary N) is 1. The number of carbonyl (C=O) groups excluding carboxylic acids is 2. The number of para-hydroxylation sites is 1. The number of fused-ring (bicyclic) bond motifs is 1. The molecule has 0 aliphatic carbocycles. The van der Waals surface area contributed by atoms with E-state index in [0.717, 1.165) is 22.1 Å². The maximum absolute atomic E-state index is 13.5. The molecule has 0 aliphatic heterocycles. The van der Waals surface area contributed by atoms with E-state index in [1.807, 2.05) is 72.8 Å². The molecule has 29 heavy (non-hydrogen) atoms. The van der Waals surface area contributed by atoms with Crippen LogP contribution < -0.4 is 10.2 Å². The first-order chi connectivity index (χ1) is 14.1. The Morgan fingerprint density at radius 1 is 0.690 bits per heavy atom. The second-order valence-corrected chi connectivity index (χ2v) is 6.77. The molecule has 2 amide bonds. The van der Waals surface area contributed by atoms with Crippen molar-refractivity contribution in [2.24, 2.45) is 0 Å². The van der Waals surface area contributed by atoms with Gasteiger partial charge in [0.2, 0.25) is 5.91 Å². The van der Waals surface area contributed by atoms with Crippen LogP contribution in [0.3, 0.4) is 0 Å². The summed E-state index contributed by atoms with van der Waals surface area (Å²) in [5, 5.41) is 4.91. The van der Waals surface area contributed by atoms with Crippen molar-refractivity contribution in [3.8, 4) is 0 Å². The van der Waals surface area contributed by atoms with Crippen LogP contribution in [0.5, 0.6) is 0 Å². The summed E-state index contributed by atoms with van der Waals surface area (Å²) in [5.74, 6) is -0.345. The molecule has 1 N–H and O–H groups in total. The number of rotatable bonds is 4. The number of hydrogen-bond acceptors (Lipinski definition) is 2. The number of benzene rings is 4. The highest BCUT2D eigenvalue weighted by Crippen LogP contribution is 2.30. The van der Waals surface area contributed by atoms with Crippen LogP contribution in [-0.2, 0) is 4.79 Å². The van der Waals surface area contributed by atoms with Gasteiger partial charge in [0.15, 0.2) is 0 Å². The monoisotopic (exact) mass is 380 g/mol. The molecule has 0 aromatic heterocycles. The number of carbonyl (C=O) groups is 2. The van der Waals surface area contributed by atoms with Gasteiger partial charge in [-0.15, -0.1) is 0 Å². The summed E-state index contributed by atoms with van der Waals surface area (Å²) in [5.41, 5.74) is 2.64. The molecule has 0 radical (unpaired) electrons. The van der Waals surface area contributed by atoms with Gasteiger partial charge in [-0.1, -0.05) is 54.6 Å². The smallest absolute Gasteiger partial charge is 0.262 e. The van der Waals surface area contributed by atoms with E-state index in [-0.39, 0.29) is 11.8 Å². The molecule has 0 aliphatic rings. The first-order valence-corrected chi connectivity index (χ1v) is 9.38. The van der Waals surface area contributed by atoms with E-state index in [0.29, 0.717) is 11.3 Å². The van der Waals surface area contributed by atoms with Crippen molar-refractivity contribution in [1.82, 2.24) is 0 Å². The molecule has 0 heterocycles. The molecule has 4 heteroatoms. The molecule has 4 rings (SSSR count). The number of nitrogens with zero attached hydrogens (tertiary/aromatic N) is 1. The van der Waals surface area contributed by atoms with Crippen molar-refractivity contribution < 1.29 is 9.59 Å². The minimum atomic E-state index is -0.177. The Morgan fingerprint density at radius 3 is 2.17 bits per heavy atom. The molecular weight excluding hydrogens is 360 g/mol. The minimum absolute atomic E-state index is 0.168. The average Bonchev–Trinajstić information content (AvgIpc) is 2.74. The van der Waals surface area contributed by atoms with E-state index < -0.39 is 0 Å². The Kier molecular flexibility index (Phi) is 5.08. The molecule has 0 saturated carbocycles. The van der Waals surface area contributed by atoms with Gasteiger partial charge < -0.3 is 5.32 Å². The van der Waals surface area contributed by atoms with Gasteiger partial charge in [0.05, 0.1) is 0 Å². The molecule has 0 unspecified atom stereocenters. The van der Waals surface area contributed by atoms with Crippen LogP contribution in [0.4, 0.5) is 17.1 Å². The molecule has 4 aromatic carbocycles. The van der Waals surface area contributed by atoms with E-state index in [2.05, 4.69) is 5.32 Å². The second kappa shape index (κ2) is 7.98. The Labute approximate surface area is 169 Å². The molecule has 142 valence electrons. The van der Waals surface area contributed by atoms with Gasteiger partial charge in [0.1, 0.15) is 0 Å². The summed E-state index contributed by atoms with van der Waals surface area (Å²) in [6.07, 6.45) is 0. The average molecular weight is 380 g/mol. The predicted molar refractivity (Wildman–Crippen MR) is 118 cm³/mol. The highest BCUT2D eigenvalue weighted by molar-refractivity contribution is 6.12. The van der Waals surface area contributed by atoms with Crippen LogP contribution in [0.15, 0.2) is 97.1 Å². The molecule has 0 saturated heterocycles. The van der Waals surface area contributed by atoms with Crippen LogP contribution in [0, 0.1) is 0 Å². The van der Waals surface area contributed by atoms with Crippen LogP contribution in [-0.4, -0.2) is 11.8 Å². The zero-order chi connectivity index (χ0) is 20.2. The normalized spacial score (nSPS) is 10.5. The zero-order valence-corrected chi connectivity index (χ0v) is 16.0. The highest BCUT2D eigenvalue weighted by Gasteiger charge is 2.20. The summed E-state index contributed by atoms with van der Waals surface area (Å²) in [6, 6.07) is 30.6. The third-order valence-corrected chi connectivity index (χ3v) is 4.64. The Hall–Kier alpha value is -3.92. The van der Waals surface area contributed by atoms with Crippen LogP contribution in [0.1, 0.15) is 17.3 Å². The molecular formula is C25H20N2O2. The first kappa shape index (κ1) is 18.4. The molecule has 0 atom stereocenters. The molecule has 0 spiro atoms. The Bertz CT molecular complexity index is 1190. The minimum Gasteiger partial charge on any atom is -0.326 e. The van der Waals surface area contributed by atoms with Gasteiger partial charge in [0.25, 0.3) is 5.91 Å². The SMILES string of the molecule is CC(=O)Nc1cccc(C(=O)N(c2ccccc2)c2ccc3ccccc3c2)c1. The van der Waals surface area contributed by atoms with Crippen molar-refractivity contribution in [3.05, 3.63) is 103 Å². The summed E-state index contributed by atoms with van der Waals surface area (Å²) in [7, 11) is 0. The van der Waals surface area contributed by atoms with E-state index in [1.54, 1.807) is 29.2 Å². The van der Waals surface area contributed by atoms with Crippen LogP contribution >= 0.6 is 0 Å². The fourth-order valence-electron chi connectivity index (χ4n) is 3.34. The lowest BCUT2D eigenvalue weighted by Gasteiger charge is -2.24. The quantitative estimate of drug-likeness (QED) is 0.488. The fraction of sp³-hybridized carbons (Fsp3) is 0.0400. The van der Waals surface area contributed by atoms with Gasteiger partial charge in [-0.25, -0.2) is 0 Å². The maximum Gasteiger partial charge on any atom is 0.262 e. The molecule has 0 bridgehead atoms. The molecule has 0 fully saturated rings. The van der Waals surface area contributed by atoms with E-state index in [1.165, 1.54) is 6.92 Å². The van der Waals surface area contributed by atoms with Gasteiger partial charge in [-0.3, -0.25) is 14.5 Å². The van der Waals surface area contributed by atoms with Crippen molar-refractivity contribution in [2.75, 3.05) is 10.2 Å². The van der Waals surface area contributed by atoms with E-state index in [9.17, 15) is 9.59 Å². The summed E-state index contributed by atoms with van der Waals surface area (Å²) >= 11 is 0. The second-order valence-electron chi connectivity index (χ2n) is 6.77. The lowest BCUT2D eigenvalue weighted by molar-refractivity contribution is -0.114. The first-order valence-electron chi connectivity index (χ1n) is 9.38. The van der Waals surface area contributed by atoms with Crippen molar-refractivity contribution in [1.29, 1.82) is 0 Å². The number of anilines is 3. The molecule has 4 nitrogen and oxygen atoms in total. The predicted octanol–water partition coefficient (Wildman–Crippen LogP) is 5.78. The van der Waals surface area contributed by atoms with Gasteiger partial charge in [-0.05, 0) is 53.2 Å². The third kappa shape index (κ3) is 4.01. The van der Waals surface area contributed by atoms with Crippen molar-refractivity contribution in [2.45, 2.75) is 6.92 Å². The summed E-state index contributed by atoms with van der Waals surface area (Å²) in [4.78, 5) is 26.6. The Balaban J connectivity index is 1.80. The maximum atomic E-state index is 13.5. The zero-order valence-electron chi connectivity index (χ0n) is 16.0. The van der Waals surface area contributed by atoms with Crippen LogP contribution in [0.2, 0.25) is 0 Å². The lowest BCUT2D eigenvalue weighted by Crippen LogP contribution is -2.26. The Morgan fingerprint density at radius 2 is 1.41 bits per heavy atom.